The third-order valence-corrected chi connectivity index (χ3v) is 2.43. The Morgan fingerprint density at radius 1 is 1.69 bits per heavy atom. The number of aromatic nitrogens is 1. The Morgan fingerprint density at radius 2 is 2.46 bits per heavy atom. The van der Waals surface area contributed by atoms with Gasteiger partial charge in [0.25, 0.3) is 0 Å². The van der Waals surface area contributed by atoms with Gasteiger partial charge < -0.3 is 9.42 Å². The minimum atomic E-state index is -3.59. The molecule has 0 radical (unpaired) electrons. The van der Waals surface area contributed by atoms with Crippen LogP contribution in [0.1, 0.15) is 0 Å². The Bertz CT molecular complexity index is 325. The molecule has 4 nitrogen and oxygen atoms in total. The third-order valence-electron chi connectivity index (χ3n) is 1.23. The fourth-order valence-electron chi connectivity index (χ4n) is 0.748. The molecular weight excluding hydrogens is 189 g/mol. The molecule has 0 aliphatic carbocycles. The maximum atomic E-state index is 11.2. The van der Waals surface area contributed by atoms with Crippen molar-refractivity contribution in [1.29, 1.82) is 0 Å². The van der Waals surface area contributed by atoms with Crippen LogP contribution in [0.2, 0.25) is 0 Å². The van der Waals surface area contributed by atoms with Crippen molar-refractivity contribution >= 4 is 7.60 Å². The Hall–Kier alpha value is -1.12. The molecule has 1 heterocycles. The van der Waals surface area contributed by atoms with Gasteiger partial charge in [0.05, 0.1) is 6.16 Å². The van der Waals surface area contributed by atoms with E-state index in [1.807, 2.05) is 0 Å². The molecule has 1 N–H and O–H groups in total. The summed E-state index contributed by atoms with van der Waals surface area (Å²) < 4.78 is 16.0. The summed E-state index contributed by atoms with van der Waals surface area (Å²) in [5, 5.41) is 0. The normalized spacial score (nSPS) is 14.5. The maximum Gasteiger partial charge on any atom is 0.381 e. The predicted octanol–water partition coefficient (Wildman–Crippen LogP) is 1.83. The fraction of sp³-hybridized carbons (Fsp3) is 0.125. The molecule has 1 atom stereocenters. The first-order valence-corrected chi connectivity index (χ1v) is 5.44. The zero-order chi connectivity index (χ0) is 9.73. The van der Waals surface area contributed by atoms with E-state index in [1.54, 1.807) is 12.1 Å². The highest BCUT2D eigenvalue weighted by Gasteiger charge is 2.18. The van der Waals surface area contributed by atoms with E-state index in [0.717, 1.165) is 0 Å². The lowest BCUT2D eigenvalue weighted by atomic mass is 10.5. The van der Waals surface area contributed by atoms with Crippen LogP contribution in [0.15, 0.2) is 37.1 Å². The Labute approximate surface area is 76.4 Å². The van der Waals surface area contributed by atoms with Crippen molar-refractivity contribution in [3.05, 3.63) is 37.1 Å². The first-order chi connectivity index (χ1) is 6.14. The van der Waals surface area contributed by atoms with Gasteiger partial charge in [0, 0.05) is 12.3 Å². The minimum Gasteiger partial charge on any atom is -0.406 e. The highest BCUT2D eigenvalue weighted by molar-refractivity contribution is 7.53. The van der Waals surface area contributed by atoms with Crippen LogP contribution in [0.5, 0.6) is 5.88 Å². The van der Waals surface area contributed by atoms with E-state index in [9.17, 15) is 9.46 Å². The first kappa shape index (κ1) is 9.96. The van der Waals surface area contributed by atoms with E-state index < -0.39 is 7.60 Å². The van der Waals surface area contributed by atoms with Gasteiger partial charge in [-0.15, -0.1) is 6.58 Å². The van der Waals surface area contributed by atoms with Crippen LogP contribution in [-0.4, -0.2) is 16.0 Å². The molecular formula is C8H10NO3P. The third kappa shape index (κ3) is 3.40. The zero-order valence-electron chi connectivity index (χ0n) is 6.96. The molecule has 5 heteroatoms. The van der Waals surface area contributed by atoms with Crippen molar-refractivity contribution in [2.75, 3.05) is 6.16 Å². The van der Waals surface area contributed by atoms with E-state index in [-0.39, 0.29) is 12.0 Å². The van der Waals surface area contributed by atoms with E-state index in [0.29, 0.717) is 0 Å². The Balaban J connectivity index is 2.69. The van der Waals surface area contributed by atoms with E-state index in [1.165, 1.54) is 18.3 Å². The quantitative estimate of drug-likeness (QED) is 0.593. The number of rotatable bonds is 4. The van der Waals surface area contributed by atoms with Crippen LogP contribution < -0.4 is 4.52 Å². The van der Waals surface area contributed by atoms with Crippen molar-refractivity contribution in [3.8, 4) is 5.88 Å². The summed E-state index contributed by atoms with van der Waals surface area (Å²) in [4.78, 5) is 12.9. The molecule has 0 aliphatic rings. The lowest BCUT2D eigenvalue weighted by Crippen LogP contribution is -1.96. The number of nitrogens with zero attached hydrogens (tertiary/aromatic N) is 1. The van der Waals surface area contributed by atoms with Crippen molar-refractivity contribution in [3.63, 3.8) is 0 Å². The Kier molecular flexibility index (Phi) is 3.23. The average Bonchev–Trinajstić information content (AvgIpc) is 2.04. The molecule has 0 spiro atoms. The van der Waals surface area contributed by atoms with Gasteiger partial charge in [0.15, 0.2) is 0 Å². The van der Waals surface area contributed by atoms with E-state index >= 15 is 0 Å². The molecule has 0 aromatic carbocycles. The molecule has 0 fully saturated rings. The molecule has 70 valence electrons. The second kappa shape index (κ2) is 4.21. The molecule has 0 amide bonds. The predicted molar refractivity (Wildman–Crippen MR) is 49.8 cm³/mol. The minimum absolute atomic E-state index is 0.0798. The highest BCUT2D eigenvalue weighted by Crippen LogP contribution is 2.41. The topological polar surface area (TPSA) is 59.4 Å². The highest BCUT2D eigenvalue weighted by atomic mass is 31.2. The van der Waals surface area contributed by atoms with Crippen LogP contribution in [0.3, 0.4) is 0 Å². The molecule has 1 unspecified atom stereocenters. The average molecular weight is 199 g/mol. The summed E-state index contributed by atoms with van der Waals surface area (Å²) in [7, 11) is -3.59. The van der Waals surface area contributed by atoms with Crippen LogP contribution in [0.4, 0.5) is 0 Å². The van der Waals surface area contributed by atoms with Gasteiger partial charge in [-0.3, -0.25) is 0 Å². The van der Waals surface area contributed by atoms with Crippen LogP contribution in [-0.2, 0) is 4.57 Å². The van der Waals surface area contributed by atoms with Crippen molar-refractivity contribution in [2.24, 2.45) is 0 Å². The smallest absolute Gasteiger partial charge is 0.381 e. The van der Waals surface area contributed by atoms with Gasteiger partial charge in [0.1, 0.15) is 0 Å². The fourth-order valence-corrected chi connectivity index (χ4v) is 1.55. The summed E-state index contributed by atoms with van der Waals surface area (Å²) in [6.07, 6.45) is 2.75. The molecule has 1 aromatic heterocycles. The molecule has 0 aliphatic heterocycles. The summed E-state index contributed by atoms with van der Waals surface area (Å²) in [5.41, 5.74) is 0. The summed E-state index contributed by atoms with van der Waals surface area (Å²) in [6.45, 7) is 3.35. The summed E-state index contributed by atoms with van der Waals surface area (Å²) >= 11 is 0. The molecule has 1 aromatic rings. The SMILES string of the molecule is C=CCP(=O)(O)Oc1ccccn1. The van der Waals surface area contributed by atoms with E-state index in [2.05, 4.69) is 11.6 Å². The molecule has 1 rings (SSSR count). The largest absolute Gasteiger partial charge is 0.406 e. The van der Waals surface area contributed by atoms with Crippen LogP contribution >= 0.6 is 7.60 Å². The first-order valence-electron chi connectivity index (χ1n) is 3.67. The maximum absolute atomic E-state index is 11.2. The molecule has 0 saturated heterocycles. The Morgan fingerprint density at radius 3 is 3.00 bits per heavy atom. The zero-order valence-corrected chi connectivity index (χ0v) is 7.85. The number of pyridine rings is 1. The van der Waals surface area contributed by atoms with Gasteiger partial charge in [-0.25, -0.2) is 9.55 Å². The van der Waals surface area contributed by atoms with Gasteiger partial charge in [0.2, 0.25) is 5.88 Å². The van der Waals surface area contributed by atoms with Gasteiger partial charge in [-0.1, -0.05) is 12.1 Å². The second-order valence-electron chi connectivity index (χ2n) is 2.37. The number of allylic oxidation sites excluding steroid dienone is 1. The van der Waals surface area contributed by atoms with Crippen LogP contribution in [0, 0.1) is 0 Å². The summed E-state index contributed by atoms with van der Waals surface area (Å²) in [6, 6.07) is 4.89. The number of hydrogen-bond donors (Lipinski definition) is 1. The van der Waals surface area contributed by atoms with Crippen molar-refractivity contribution in [2.45, 2.75) is 0 Å². The summed E-state index contributed by atoms with van der Waals surface area (Å²) in [5.74, 6) is 0.148. The monoisotopic (exact) mass is 199 g/mol. The van der Waals surface area contributed by atoms with Crippen molar-refractivity contribution < 1.29 is 14.0 Å². The standard InChI is InChI=1S/C8H10NO3P/c1-2-7-13(10,11)12-8-5-3-4-6-9-8/h2-6H,1,7H2,(H,10,11). The van der Waals surface area contributed by atoms with Gasteiger partial charge >= 0.3 is 7.60 Å². The molecule has 0 bridgehead atoms. The molecule has 0 saturated carbocycles. The van der Waals surface area contributed by atoms with Crippen molar-refractivity contribution in [1.82, 2.24) is 4.98 Å². The van der Waals surface area contributed by atoms with Crippen LogP contribution in [0.25, 0.3) is 0 Å². The van der Waals surface area contributed by atoms with E-state index in [4.69, 9.17) is 4.52 Å². The second-order valence-corrected chi connectivity index (χ2v) is 4.19. The molecule has 13 heavy (non-hydrogen) atoms. The lowest BCUT2D eigenvalue weighted by molar-refractivity contribution is 0.377. The number of hydrogen-bond acceptors (Lipinski definition) is 3. The van der Waals surface area contributed by atoms with Gasteiger partial charge in [-0.2, -0.15) is 0 Å². The lowest BCUT2D eigenvalue weighted by Gasteiger charge is -2.09. The van der Waals surface area contributed by atoms with Gasteiger partial charge in [-0.05, 0) is 6.07 Å².